The molecule has 0 radical (unpaired) electrons. The molecule has 0 atom stereocenters. The van der Waals surface area contributed by atoms with Gasteiger partial charge in [-0.15, -0.1) is 0 Å². The number of nitrogens with one attached hydrogen (secondary N) is 1. The number of anilines is 1. The molecule has 3 aromatic rings. The number of halogens is 1. The minimum Gasteiger partial charge on any atom is -0.454 e. The molecule has 0 unspecified atom stereocenters. The minimum absolute atomic E-state index is 0.164. The van der Waals surface area contributed by atoms with Crippen molar-refractivity contribution in [2.45, 2.75) is 4.90 Å². The molecule has 0 saturated heterocycles. The van der Waals surface area contributed by atoms with Gasteiger partial charge in [-0.1, -0.05) is 18.2 Å². The van der Waals surface area contributed by atoms with Crippen LogP contribution < -0.4 is 19.2 Å². The third kappa shape index (κ3) is 4.46. The molecule has 1 amide bonds. The quantitative estimate of drug-likeness (QED) is 0.398. The maximum Gasteiger partial charge on any atom is 0.271 e. The molecule has 1 heterocycles. The van der Waals surface area contributed by atoms with Crippen molar-refractivity contribution < 1.29 is 22.7 Å². The Morgan fingerprint density at radius 3 is 2.41 bits per heavy atom. The van der Waals surface area contributed by atoms with E-state index in [1.165, 1.54) is 41.8 Å². The zero-order valence-corrected chi connectivity index (χ0v) is 19.3. The lowest BCUT2D eigenvalue weighted by molar-refractivity contribution is 0.0955. The van der Waals surface area contributed by atoms with E-state index in [9.17, 15) is 13.2 Å². The third-order valence-corrected chi connectivity index (χ3v) is 7.24. The molecule has 0 bridgehead atoms. The number of ether oxygens (including phenoxy) is 2. The summed E-state index contributed by atoms with van der Waals surface area (Å²) < 4.78 is 38.0. The Labute approximate surface area is 193 Å². The lowest BCUT2D eigenvalue weighted by Gasteiger charge is -2.19. The van der Waals surface area contributed by atoms with E-state index in [2.05, 4.69) is 26.5 Å². The summed E-state index contributed by atoms with van der Waals surface area (Å²) in [4.78, 5) is 12.6. The van der Waals surface area contributed by atoms with Crippen LogP contribution in [0.4, 0.5) is 5.69 Å². The topological polar surface area (TPSA) is 97.3 Å². The maximum absolute atomic E-state index is 12.7. The highest BCUT2D eigenvalue weighted by atomic mass is 79.9. The average molecular weight is 516 g/mol. The Bertz CT molecular complexity index is 1280. The predicted octanol–water partition coefficient (Wildman–Crippen LogP) is 3.77. The number of carbonyl (C=O) groups excluding carboxylic acids is 1. The number of hydrazone groups is 1. The monoisotopic (exact) mass is 515 g/mol. The van der Waals surface area contributed by atoms with E-state index in [4.69, 9.17) is 9.47 Å². The lowest BCUT2D eigenvalue weighted by atomic mass is 10.2. The molecule has 1 aliphatic rings. The molecule has 10 heteroatoms. The van der Waals surface area contributed by atoms with Gasteiger partial charge in [0.25, 0.3) is 15.9 Å². The standard InChI is InChI=1S/C22H18BrN3O5S/c1-26(32(28,29)18-5-3-2-4-6-18)17-9-7-15(8-10-17)22(27)25-24-13-16-11-20-21(12-19(16)23)31-14-30-20/h2-13H,14H2,1H3,(H,25,27)/b24-13-. The van der Waals surface area contributed by atoms with Crippen molar-refractivity contribution in [3.8, 4) is 11.5 Å². The van der Waals surface area contributed by atoms with Gasteiger partial charge < -0.3 is 9.47 Å². The van der Waals surface area contributed by atoms with Gasteiger partial charge in [0.1, 0.15) is 0 Å². The van der Waals surface area contributed by atoms with Gasteiger partial charge in [0.05, 0.1) is 16.8 Å². The number of benzene rings is 3. The highest BCUT2D eigenvalue weighted by molar-refractivity contribution is 9.10. The maximum atomic E-state index is 12.7. The van der Waals surface area contributed by atoms with Crippen molar-refractivity contribution in [3.05, 3.63) is 82.3 Å². The van der Waals surface area contributed by atoms with Gasteiger partial charge in [-0.25, -0.2) is 13.8 Å². The number of nitrogens with zero attached hydrogens (tertiary/aromatic N) is 2. The summed E-state index contributed by atoms with van der Waals surface area (Å²) in [5, 5.41) is 3.98. The Kier molecular flexibility index (Phi) is 6.15. The van der Waals surface area contributed by atoms with Gasteiger partial charge in [0, 0.05) is 22.6 Å². The molecular weight excluding hydrogens is 498 g/mol. The second kappa shape index (κ2) is 9.01. The number of amides is 1. The number of carbonyl (C=O) groups is 1. The fourth-order valence-corrected chi connectivity index (χ4v) is 4.61. The van der Waals surface area contributed by atoms with E-state index in [1.807, 2.05) is 0 Å². The molecule has 0 saturated carbocycles. The highest BCUT2D eigenvalue weighted by Gasteiger charge is 2.21. The molecule has 8 nitrogen and oxygen atoms in total. The van der Waals surface area contributed by atoms with Crippen LogP contribution in [0.3, 0.4) is 0 Å². The summed E-state index contributed by atoms with van der Waals surface area (Å²) in [6.45, 7) is 0.164. The fraction of sp³-hybridized carbons (Fsp3) is 0.0909. The van der Waals surface area contributed by atoms with Crippen LogP contribution in [0.5, 0.6) is 11.5 Å². The number of rotatable bonds is 6. The highest BCUT2D eigenvalue weighted by Crippen LogP contribution is 2.36. The van der Waals surface area contributed by atoms with Crippen molar-refractivity contribution >= 4 is 43.8 Å². The van der Waals surface area contributed by atoms with Gasteiger partial charge in [-0.05, 0) is 64.5 Å². The summed E-state index contributed by atoms with van der Waals surface area (Å²) >= 11 is 3.42. The van der Waals surface area contributed by atoms with Gasteiger partial charge in [0.2, 0.25) is 6.79 Å². The van der Waals surface area contributed by atoms with E-state index in [0.29, 0.717) is 28.3 Å². The van der Waals surface area contributed by atoms with Crippen LogP contribution in [0.15, 0.2) is 81.2 Å². The molecule has 1 N–H and O–H groups in total. The fourth-order valence-electron chi connectivity index (χ4n) is 2.97. The lowest BCUT2D eigenvalue weighted by Crippen LogP contribution is -2.26. The third-order valence-electron chi connectivity index (χ3n) is 4.76. The van der Waals surface area contributed by atoms with E-state index < -0.39 is 15.9 Å². The van der Waals surface area contributed by atoms with Crippen LogP contribution in [0.25, 0.3) is 0 Å². The Morgan fingerprint density at radius 1 is 1.06 bits per heavy atom. The predicted molar refractivity (Wildman–Crippen MR) is 124 cm³/mol. The summed E-state index contributed by atoms with van der Waals surface area (Å²) in [6, 6.07) is 17.9. The van der Waals surface area contributed by atoms with Gasteiger partial charge >= 0.3 is 0 Å². The minimum atomic E-state index is -3.69. The first kappa shape index (κ1) is 21.8. The smallest absolute Gasteiger partial charge is 0.271 e. The average Bonchev–Trinajstić information content (AvgIpc) is 3.26. The van der Waals surface area contributed by atoms with Crippen molar-refractivity contribution in [2.75, 3.05) is 18.1 Å². The van der Waals surface area contributed by atoms with Crippen LogP contribution in [0, 0.1) is 0 Å². The van der Waals surface area contributed by atoms with Crippen LogP contribution in [0.1, 0.15) is 15.9 Å². The van der Waals surface area contributed by atoms with Crippen molar-refractivity contribution in [3.63, 3.8) is 0 Å². The van der Waals surface area contributed by atoms with E-state index in [-0.39, 0.29) is 11.7 Å². The van der Waals surface area contributed by atoms with Crippen molar-refractivity contribution in [2.24, 2.45) is 5.10 Å². The molecule has 4 rings (SSSR count). The molecular formula is C22H18BrN3O5S. The number of hydrogen-bond acceptors (Lipinski definition) is 6. The SMILES string of the molecule is CN(c1ccc(C(=O)N/N=C\c2cc3c(cc2Br)OCO3)cc1)S(=O)(=O)c1ccccc1. The summed E-state index contributed by atoms with van der Waals surface area (Å²) in [7, 11) is -2.23. The molecule has 0 aromatic heterocycles. The summed E-state index contributed by atoms with van der Waals surface area (Å²) in [5.74, 6) is 0.807. The normalized spacial score (nSPS) is 12.7. The van der Waals surface area contributed by atoms with Crippen LogP contribution in [-0.4, -0.2) is 34.4 Å². The number of fused-ring (bicyclic) bond motifs is 1. The zero-order valence-electron chi connectivity index (χ0n) is 16.9. The first-order valence-electron chi connectivity index (χ1n) is 9.43. The van der Waals surface area contributed by atoms with E-state index in [0.717, 1.165) is 4.47 Å². The largest absolute Gasteiger partial charge is 0.454 e. The van der Waals surface area contributed by atoms with Gasteiger partial charge in [0.15, 0.2) is 11.5 Å². The van der Waals surface area contributed by atoms with Crippen molar-refractivity contribution in [1.29, 1.82) is 0 Å². The molecule has 32 heavy (non-hydrogen) atoms. The molecule has 0 fully saturated rings. The van der Waals surface area contributed by atoms with Gasteiger partial charge in [-0.2, -0.15) is 5.10 Å². The van der Waals surface area contributed by atoms with Crippen molar-refractivity contribution in [1.82, 2.24) is 5.43 Å². The molecule has 0 aliphatic carbocycles. The first-order chi connectivity index (χ1) is 15.4. The van der Waals surface area contributed by atoms with Crippen LogP contribution >= 0.6 is 15.9 Å². The zero-order chi connectivity index (χ0) is 22.7. The van der Waals surface area contributed by atoms with E-state index in [1.54, 1.807) is 42.5 Å². The first-order valence-corrected chi connectivity index (χ1v) is 11.7. The van der Waals surface area contributed by atoms with Crippen LogP contribution in [0.2, 0.25) is 0 Å². The Morgan fingerprint density at radius 2 is 1.72 bits per heavy atom. The summed E-state index contributed by atoms with van der Waals surface area (Å²) in [5.41, 5.74) is 3.92. The molecule has 1 aliphatic heterocycles. The Hall–Kier alpha value is -3.37. The second-order valence-corrected chi connectivity index (χ2v) is 9.58. The molecule has 164 valence electrons. The summed E-state index contributed by atoms with van der Waals surface area (Å²) in [6.07, 6.45) is 1.48. The van der Waals surface area contributed by atoms with Crippen LogP contribution in [-0.2, 0) is 10.0 Å². The second-order valence-electron chi connectivity index (χ2n) is 6.76. The van der Waals surface area contributed by atoms with Gasteiger partial charge in [-0.3, -0.25) is 9.10 Å². The van der Waals surface area contributed by atoms with E-state index >= 15 is 0 Å². The number of hydrogen-bond donors (Lipinski definition) is 1. The molecule has 3 aromatic carbocycles. The Balaban J connectivity index is 1.43. The number of sulfonamides is 1. The molecule has 0 spiro atoms.